The standard InChI is InChI=1S/C10H19N5S/c11-6-2-3-7-15-10(12-13-14-15)9-5-1-4-8-16-9/h9H,1-8,11H2. The number of aryl methyl sites for hydroxylation is 1. The van der Waals surface area contributed by atoms with Crippen molar-refractivity contribution in [3.63, 3.8) is 0 Å². The van der Waals surface area contributed by atoms with Crippen LogP contribution in [0.15, 0.2) is 0 Å². The second-order valence-corrected chi connectivity index (χ2v) is 5.42. The van der Waals surface area contributed by atoms with Gasteiger partial charge in [0.25, 0.3) is 0 Å². The first kappa shape index (κ1) is 11.9. The number of thioether (sulfide) groups is 1. The van der Waals surface area contributed by atoms with E-state index in [2.05, 4.69) is 15.5 Å². The molecule has 0 aliphatic carbocycles. The molecule has 0 spiro atoms. The minimum Gasteiger partial charge on any atom is -0.330 e. The Labute approximate surface area is 100 Å². The molecule has 0 bridgehead atoms. The molecule has 0 amide bonds. The average molecular weight is 241 g/mol. The number of nitrogens with zero attached hydrogens (tertiary/aromatic N) is 4. The fourth-order valence-corrected chi connectivity index (χ4v) is 3.26. The maximum atomic E-state index is 5.48. The average Bonchev–Trinajstić information content (AvgIpc) is 2.79. The van der Waals surface area contributed by atoms with Crippen LogP contribution in [0.2, 0.25) is 0 Å². The molecule has 1 atom stereocenters. The summed E-state index contributed by atoms with van der Waals surface area (Å²) in [6.07, 6.45) is 5.94. The number of hydrogen-bond acceptors (Lipinski definition) is 5. The first-order valence-electron chi connectivity index (χ1n) is 5.99. The first-order valence-corrected chi connectivity index (χ1v) is 7.04. The van der Waals surface area contributed by atoms with Crippen molar-refractivity contribution in [1.29, 1.82) is 0 Å². The molecule has 90 valence electrons. The summed E-state index contributed by atoms with van der Waals surface area (Å²) in [4.78, 5) is 0. The van der Waals surface area contributed by atoms with Gasteiger partial charge in [-0.15, -0.1) is 5.10 Å². The Morgan fingerprint density at radius 3 is 3.06 bits per heavy atom. The van der Waals surface area contributed by atoms with E-state index < -0.39 is 0 Å². The van der Waals surface area contributed by atoms with E-state index in [-0.39, 0.29) is 0 Å². The van der Waals surface area contributed by atoms with Gasteiger partial charge in [0.05, 0.1) is 5.25 Å². The summed E-state index contributed by atoms with van der Waals surface area (Å²) in [5.74, 6) is 2.29. The summed E-state index contributed by atoms with van der Waals surface area (Å²) >= 11 is 1.99. The molecule has 2 heterocycles. The quantitative estimate of drug-likeness (QED) is 0.788. The summed E-state index contributed by atoms with van der Waals surface area (Å²) in [6, 6.07) is 0. The molecule has 2 rings (SSSR count). The zero-order chi connectivity index (χ0) is 11.2. The smallest absolute Gasteiger partial charge is 0.164 e. The summed E-state index contributed by atoms with van der Waals surface area (Å²) in [5, 5.41) is 12.5. The zero-order valence-corrected chi connectivity index (χ0v) is 10.3. The van der Waals surface area contributed by atoms with Crippen LogP contribution in [0.5, 0.6) is 0 Å². The molecule has 1 aromatic rings. The van der Waals surface area contributed by atoms with Crippen LogP contribution in [0, 0.1) is 0 Å². The minimum atomic E-state index is 0.502. The Morgan fingerprint density at radius 2 is 2.31 bits per heavy atom. The molecule has 0 saturated carbocycles. The fraction of sp³-hybridized carbons (Fsp3) is 0.900. The summed E-state index contributed by atoms with van der Waals surface area (Å²) < 4.78 is 1.96. The van der Waals surface area contributed by atoms with Crippen molar-refractivity contribution in [1.82, 2.24) is 20.2 Å². The van der Waals surface area contributed by atoms with Crippen LogP contribution in [-0.2, 0) is 6.54 Å². The highest BCUT2D eigenvalue weighted by Gasteiger charge is 2.21. The maximum Gasteiger partial charge on any atom is 0.164 e. The van der Waals surface area contributed by atoms with Crippen LogP contribution in [-0.4, -0.2) is 32.5 Å². The zero-order valence-electron chi connectivity index (χ0n) is 9.51. The molecular weight excluding hydrogens is 222 g/mol. The van der Waals surface area contributed by atoms with E-state index in [4.69, 9.17) is 5.73 Å². The number of tetrazole rings is 1. The SMILES string of the molecule is NCCCCn1nnnc1C1CCCCS1. The van der Waals surface area contributed by atoms with Crippen molar-refractivity contribution in [3.05, 3.63) is 5.82 Å². The monoisotopic (exact) mass is 241 g/mol. The Hall–Kier alpha value is -0.620. The van der Waals surface area contributed by atoms with Gasteiger partial charge in [0.1, 0.15) is 0 Å². The predicted molar refractivity (Wildman–Crippen MR) is 65.2 cm³/mol. The number of aromatic nitrogens is 4. The van der Waals surface area contributed by atoms with Crippen LogP contribution in [0.25, 0.3) is 0 Å². The molecule has 1 saturated heterocycles. The number of hydrogen-bond donors (Lipinski definition) is 1. The maximum absolute atomic E-state index is 5.48. The Bertz CT molecular complexity index is 308. The van der Waals surface area contributed by atoms with E-state index in [9.17, 15) is 0 Å². The third kappa shape index (κ3) is 2.95. The topological polar surface area (TPSA) is 69.6 Å². The van der Waals surface area contributed by atoms with Crippen LogP contribution < -0.4 is 5.73 Å². The van der Waals surface area contributed by atoms with Crippen molar-refractivity contribution in [2.75, 3.05) is 12.3 Å². The summed E-state index contributed by atoms with van der Waals surface area (Å²) in [7, 11) is 0. The van der Waals surface area contributed by atoms with Gasteiger partial charge in [-0.3, -0.25) is 0 Å². The third-order valence-electron chi connectivity index (χ3n) is 2.85. The van der Waals surface area contributed by atoms with Crippen LogP contribution in [0.1, 0.15) is 43.2 Å². The van der Waals surface area contributed by atoms with Crippen molar-refractivity contribution in [3.8, 4) is 0 Å². The third-order valence-corrected chi connectivity index (χ3v) is 4.22. The molecule has 1 aliphatic rings. The Morgan fingerprint density at radius 1 is 1.38 bits per heavy atom. The fourth-order valence-electron chi connectivity index (χ4n) is 1.95. The molecule has 1 aromatic heterocycles. The molecule has 0 aromatic carbocycles. The van der Waals surface area contributed by atoms with Crippen LogP contribution in [0.4, 0.5) is 0 Å². The molecule has 6 heteroatoms. The van der Waals surface area contributed by atoms with Crippen molar-refractivity contribution in [2.45, 2.75) is 43.9 Å². The van der Waals surface area contributed by atoms with Gasteiger partial charge in [-0.1, -0.05) is 6.42 Å². The molecule has 2 N–H and O–H groups in total. The lowest BCUT2D eigenvalue weighted by atomic mass is 10.2. The van der Waals surface area contributed by atoms with E-state index in [0.717, 1.165) is 31.8 Å². The van der Waals surface area contributed by atoms with E-state index >= 15 is 0 Å². The van der Waals surface area contributed by atoms with Crippen LogP contribution >= 0.6 is 11.8 Å². The highest BCUT2D eigenvalue weighted by molar-refractivity contribution is 7.99. The van der Waals surface area contributed by atoms with Crippen LogP contribution in [0.3, 0.4) is 0 Å². The lowest BCUT2D eigenvalue weighted by Crippen LogP contribution is -2.12. The molecule has 1 unspecified atom stereocenters. The Balaban J connectivity index is 1.94. The molecular formula is C10H19N5S. The van der Waals surface area contributed by atoms with Crippen molar-refractivity contribution >= 4 is 11.8 Å². The molecule has 0 radical (unpaired) electrons. The van der Waals surface area contributed by atoms with E-state index in [1.54, 1.807) is 0 Å². The number of nitrogens with two attached hydrogens (primary N) is 1. The highest BCUT2D eigenvalue weighted by atomic mass is 32.2. The summed E-state index contributed by atoms with van der Waals surface area (Å²) in [5.41, 5.74) is 5.48. The summed E-state index contributed by atoms with van der Waals surface area (Å²) in [6.45, 7) is 1.65. The van der Waals surface area contributed by atoms with Crippen molar-refractivity contribution in [2.24, 2.45) is 5.73 Å². The molecule has 1 fully saturated rings. The van der Waals surface area contributed by atoms with Crippen molar-refractivity contribution < 1.29 is 0 Å². The van der Waals surface area contributed by atoms with Gasteiger partial charge in [-0.25, -0.2) is 4.68 Å². The van der Waals surface area contributed by atoms with Gasteiger partial charge in [0.15, 0.2) is 5.82 Å². The predicted octanol–water partition coefficient (Wildman–Crippen LogP) is 1.37. The highest BCUT2D eigenvalue weighted by Crippen LogP contribution is 2.36. The lowest BCUT2D eigenvalue weighted by molar-refractivity contribution is 0.514. The van der Waals surface area contributed by atoms with Gasteiger partial charge in [-0.2, -0.15) is 11.8 Å². The van der Waals surface area contributed by atoms with Gasteiger partial charge in [0, 0.05) is 6.54 Å². The van der Waals surface area contributed by atoms with Gasteiger partial charge in [0.2, 0.25) is 0 Å². The lowest BCUT2D eigenvalue weighted by Gasteiger charge is -2.20. The normalized spacial score (nSPS) is 21.2. The largest absolute Gasteiger partial charge is 0.330 e. The minimum absolute atomic E-state index is 0.502. The second kappa shape index (κ2) is 6.20. The molecule has 5 nitrogen and oxygen atoms in total. The van der Waals surface area contributed by atoms with E-state index in [0.29, 0.717) is 5.25 Å². The first-order chi connectivity index (χ1) is 7.92. The van der Waals surface area contributed by atoms with Gasteiger partial charge in [-0.05, 0) is 48.4 Å². The second-order valence-electron chi connectivity index (χ2n) is 4.11. The van der Waals surface area contributed by atoms with E-state index in [1.807, 2.05) is 16.4 Å². The van der Waals surface area contributed by atoms with E-state index in [1.165, 1.54) is 25.0 Å². The molecule has 1 aliphatic heterocycles. The molecule has 16 heavy (non-hydrogen) atoms. The Kier molecular flexibility index (Phi) is 4.59. The van der Waals surface area contributed by atoms with Gasteiger partial charge >= 0.3 is 0 Å². The number of unbranched alkanes of at least 4 members (excludes halogenated alkanes) is 1. The number of rotatable bonds is 5. The van der Waals surface area contributed by atoms with Gasteiger partial charge < -0.3 is 5.73 Å².